The fourth-order valence-electron chi connectivity index (χ4n) is 1.37. The average Bonchev–Trinajstić information content (AvgIpc) is 2.76. The Balaban J connectivity index is 2.30. The van der Waals surface area contributed by atoms with Gasteiger partial charge in [-0.2, -0.15) is 5.10 Å². The molecular formula is C11H12N4O2S. The highest BCUT2D eigenvalue weighted by atomic mass is 32.2. The van der Waals surface area contributed by atoms with Gasteiger partial charge in [-0.15, -0.1) is 0 Å². The van der Waals surface area contributed by atoms with E-state index in [1.165, 1.54) is 25.2 Å². The number of nitrogens with zero attached hydrogens (tertiary/aromatic N) is 3. The number of rotatable bonds is 3. The SMILES string of the molecule is COC(=O)c1cc(Sc2ncnn2C)ccc1N. The lowest BCUT2D eigenvalue weighted by Crippen LogP contribution is -2.05. The van der Waals surface area contributed by atoms with E-state index in [1.807, 2.05) is 6.07 Å². The first-order chi connectivity index (χ1) is 8.61. The van der Waals surface area contributed by atoms with Crippen LogP contribution in [0.3, 0.4) is 0 Å². The van der Waals surface area contributed by atoms with Crippen LogP contribution in [0.25, 0.3) is 0 Å². The Morgan fingerprint density at radius 3 is 2.89 bits per heavy atom. The number of esters is 1. The largest absolute Gasteiger partial charge is 0.465 e. The van der Waals surface area contributed by atoms with Gasteiger partial charge in [0.2, 0.25) is 0 Å². The van der Waals surface area contributed by atoms with E-state index < -0.39 is 5.97 Å². The number of nitrogens with two attached hydrogens (primary N) is 1. The van der Waals surface area contributed by atoms with Crippen molar-refractivity contribution in [1.29, 1.82) is 0 Å². The quantitative estimate of drug-likeness (QED) is 0.665. The van der Waals surface area contributed by atoms with Gasteiger partial charge in [0.15, 0.2) is 5.16 Å². The maximum absolute atomic E-state index is 11.5. The van der Waals surface area contributed by atoms with Gasteiger partial charge in [-0.3, -0.25) is 0 Å². The number of hydrogen-bond acceptors (Lipinski definition) is 6. The van der Waals surface area contributed by atoms with E-state index in [-0.39, 0.29) is 0 Å². The van der Waals surface area contributed by atoms with E-state index in [9.17, 15) is 4.79 Å². The van der Waals surface area contributed by atoms with Gasteiger partial charge in [-0.1, -0.05) is 11.8 Å². The Morgan fingerprint density at radius 1 is 1.50 bits per heavy atom. The van der Waals surface area contributed by atoms with Crippen LogP contribution in [-0.2, 0) is 11.8 Å². The molecular weight excluding hydrogens is 252 g/mol. The number of hydrogen-bond donors (Lipinski definition) is 1. The molecule has 6 nitrogen and oxygen atoms in total. The number of nitrogen functional groups attached to an aromatic ring is 1. The van der Waals surface area contributed by atoms with Gasteiger partial charge >= 0.3 is 5.97 Å². The van der Waals surface area contributed by atoms with Gasteiger partial charge in [-0.05, 0) is 18.2 Å². The number of aryl methyl sites for hydroxylation is 1. The first kappa shape index (κ1) is 12.4. The molecule has 94 valence electrons. The van der Waals surface area contributed by atoms with Gasteiger partial charge in [0, 0.05) is 17.6 Å². The number of ether oxygens (including phenoxy) is 1. The van der Waals surface area contributed by atoms with Crippen molar-refractivity contribution in [2.24, 2.45) is 7.05 Å². The normalized spacial score (nSPS) is 10.3. The van der Waals surface area contributed by atoms with E-state index in [2.05, 4.69) is 14.8 Å². The van der Waals surface area contributed by atoms with Gasteiger partial charge in [0.25, 0.3) is 0 Å². The van der Waals surface area contributed by atoms with Crippen molar-refractivity contribution in [3.63, 3.8) is 0 Å². The molecule has 0 aliphatic rings. The Labute approximate surface area is 108 Å². The summed E-state index contributed by atoms with van der Waals surface area (Å²) in [4.78, 5) is 16.5. The molecule has 0 saturated heterocycles. The Hall–Kier alpha value is -2.02. The van der Waals surface area contributed by atoms with E-state index in [4.69, 9.17) is 5.73 Å². The molecule has 0 aliphatic heterocycles. The van der Waals surface area contributed by atoms with Crippen LogP contribution in [0.15, 0.2) is 34.6 Å². The fourth-order valence-corrected chi connectivity index (χ4v) is 2.17. The molecule has 1 heterocycles. The molecule has 2 rings (SSSR count). The monoisotopic (exact) mass is 264 g/mol. The summed E-state index contributed by atoms with van der Waals surface area (Å²) in [5.41, 5.74) is 6.47. The summed E-state index contributed by atoms with van der Waals surface area (Å²) in [6, 6.07) is 5.17. The smallest absolute Gasteiger partial charge is 0.339 e. The third-order valence-corrected chi connectivity index (χ3v) is 3.35. The molecule has 0 radical (unpaired) electrons. The Bertz CT molecular complexity index is 582. The molecule has 0 saturated carbocycles. The minimum absolute atomic E-state index is 0.352. The molecule has 2 N–H and O–H groups in total. The molecule has 2 aromatic rings. The summed E-state index contributed by atoms with van der Waals surface area (Å²) in [6.45, 7) is 0. The Morgan fingerprint density at radius 2 is 2.28 bits per heavy atom. The summed E-state index contributed by atoms with van der Waals surface area (Å²) in [5.74, 6) is -0.451. The standard InChI is InChI=1S/C11H12N4O2S/c1-15-11(13-6-14-15)18-7-3-4-9(12)8(5-7)10(16)17-2/h3-6H,12H2,1-2H3. The first-order valence-electron chi connectivity index (χ1n) is 5.11. The number of methoxy groups -OCH3 is 1. The maximum Gasteiger partial charge on any atom is 0.339 e. The van der Waals surface area contributed by atoms with Crippen LogP contribution in [0.5, 0.6) is 0 Å². The molecule has 0 atom stereocenters. The molecule has 0 unspecified atom stereocenters. The van der Waals surface area contributed by atoms with E-state index in [0.717, 1.165) is 10.1 Å². The van der Waals surface area contributed by atoms with E-state index in [1.54, 1.807) is 23.9 Å². The number of carbonyl (C=O) groups is 1. The van der Waals surface area contributed by atoms with Crippen molar-refractivity contribution in [2.75, 3.05) is 12.8 Å². The lowest BCUT2D eigenvalue weighted by atomic mass is 10.2. The van der Waals surface area contributed by atoms with Gasteiger partial charge in [0.05, 0.1) is 12.7 Å². The third-order valence-electron chi connectivity index (χ3n) is 2.31. The van der Waals surface area contributed by atoms with Crippen LogP contribution in [0.4, 0.5) is 5.69 Å². The zero-order valence-electron chi connectivity index (χ0n) is 9.95. The van der Waals surface area contributed by atoms with Crippen molar-refractivity contribution in [3.8, 4) is 0 Å². The second-order valence-electron chi connectivity index (χ2n) is 3.51. The summed E-state index contributed by atoms with van der Waals surface area (Å²) < 4.78 is 6.32. The minimum Gasteiger partial charge on any atom is -0.465 e. The van der Waals surface area contributed by atoms with Gasteiger partial charge in [0.1, 0.15) is 6.33 Å². The average molecular weight is 264 g/mol. The summed E-state index contributed by atoms with van der Waals surface area (Å²) in [6.07, 6.45) is 1.47. The van der Waals surface area contributed by atoms with Crippen molar-refractivity contribution in [2.45, 2.75) is 10.1 Å². The van der Waals surface area contributed by atoms with Crippen molar-refractivity contribution in [3.05, 3.63) is 30.1 Å². The van der Waals surface area contributed by atoms with Crippen molar-refractivity contribution >= 4 is 23.4 Å². The maximum atomic E-state index is 11.5. The topological polar surface area (TPSA) is 83.0 Å². The highest BCUT2D eigenvalue weighted by Crippen LogP contribution is 2.28. The molecule has 0 amide bonds. The third kappa shape index (κ3) is 2.45. The number of benzene rings is 1. The van der Waals surface area contributed by atoms with Gasteiger partial charge < -0.3 is 10.5 Å². The molecule has 7 heteroatoms. The predicted octanol–water partition coefficient (Wildman–Crippen LogP) is 1.34. The van der Waals surface area contributed by atoms with Crippen LogP contribution in [0, 0.1) is 0 Å². The highest BCUT2D eigenvalue weighted by molar-refractivity contribution is 7.99. The lowest BCUT2D eigenvalue weighted by Gasteiger charge is -2.06. The fraction of sp³-hybridized carbons (Fsp3) is 0.182. The molecule has 0 spiro atoms. The van der Waals surface area contributed by atoms with Gasteiger partial charge in [-0.25, -0.2) is 14.5 Å². The van der Waals surface area contributed by atoms with Crippen LogP contribution in [0.2, 0.25) is 0 Å². The second-order valence-corrected chi connectivity index (χ2v) is 4.55. The molecule has 18 heavy (non-hydrogen) atoms. The van der Waals surface area contributed by atoms with Crippen LogP contribution in [-0.4, -0.2) is 27.8 Å². The summed E-state index contributed by atoms with van der Waals surface area (Å²) in [5, 5.41) is 4.70. The molecule has 0 aliphatic carbocycles. The molecule has 1 aromatic carbocycles. The second kappa shape index (κ2) is 5.09. The Kier molecular flexibility index (Phi) is 3.52. The number of aromatic nitrogens is 3. The van der Waals surface area contributed by atoms with Crippen molar-refractivity contribution in [1.82, 2.24) is 14.8 Å². The zero-order valence-corrected chi connectivity index (χ0v) is 10.8. The van der Waals surface area contributed by atoms with E-state index in [0.29, 0.717) is 11.3 Å². The molecule has 0 fully saturated rings. The lowest BCUT2D eigenvalue weighted by molar-refractivity contribution is 0.0601. The molecule has 0 bridgehead atoms. The zero-order chi connectivity index (χ0) is 13.1. The van der Waals surface area contributed by atoms with Crippen LogP contribution < -0.4 is 5.73 Å². The minimum atomic E-state index is -0.451. The first-order valence-corrected chi connectivity index (χ1v) is 5.93. The number of carbonyl (C=O) groups excluding carboxylic acids is 1. The summed E-state index contributed by atoms with van der Waals surface area (Å²) >= 11 is 1.40. The number of anilines is 1. The van der Waals surface area contributed by atoms with Crippen LogP contribution in [0.1, 0.15) is 10.4 Å². The van der Waals surface area contributed by atoms with Crippen LogP contribution >= 0.6 is 11.8 Å². The van der Waals surface area contributed by atoms with Crippen molar-refractivity contribution < 1.29 is 9.53 Å². The van der Waals surface area contributed by atoms with E-state index >= 15 is 0 Å². The molecule has 1 aromatic heterocycles. The highest BCUT2D eigenvalue weighted by Gasteiger charge is 2.12. The predicted molar refractivity (Wildman–Crippen MR) is 67.3 cm³/mol. The summed E-state index contributed by atoms with van der Waals surface area (Å²) in [7, 11) is 3.12.